The lowest BCUT2D eigenvalue weighted by molar-refractivity contribution is 0.0498. The van der Waals surface area contributed by atoms with Crippen LogP contribution in [0.3, 0.4) is 0 Å². The number of hydrogen-bond donors (Lipinski definition) is 3. The summed E-state index contributed by atoms with van der Waals surface area (Å²) in [5.74, 6) is -1.20. The lowest BCUT2D eigenvalue weighted by Gasteiger charge is -2.45. The predicted molar refractivity (Wildman–Crippen MR) is 151 cm³/mol. The van der Waals surface area contributed by atoms with Crippen LogP contribution in [-0.4, -0.2) is 48.8 Å². The van der Waals surface area contributed by atoms with Gasteiger partial charge >= 0.3 is 5.97 Å². The molecule has 3 heterocycles. The van der Waals surface area contributed by atoms with Gasteiger partial charge in [0.15, 0.2) is 5.82 Å². The summed E-state index contributed by atoms with van der Waals surface area (Å²) >= 11 is 0. The summed E-state index contributed by atoms with van der Waals surface area (Å²) in [4.78, 5) is 32.9. The monoisotopic (exact) mass is 530 g/mol. The van der Waals surface area contributed by atoms with Crippen molar-refractivity contribution in [3.05, 3.63) is 63.9 Å². The van der Waals surface area contributed by atoms with Crippen LogP contribution in [0.1, 0.15) is 92.6 Å². The maximum Gasteiger partial charge on any atom is 0.339 e. The summed E-state index contributed by atoms with van der Waals surface area (Å²) in [6.45, 7) is 0.229. The van der Waals surface area contributed by atoms with E-state index < -0.39 is 5.97 Å². The lowest BCUT2D eigenvalue weighted by atomic mass is 9.89. The van der Waals surface area contributed by atoms with E-state index in [2.05, 4.69) is 15.2 Å². The molecular formula is C31H38N4O4. The van der Waals surface area contributed by atoms with E-state index in [9.17, 15) is 19.8 Å². The first kappa shape index (κ1) is 25.9. The minimum Gasteiger partial charge on any atom is -0.507 e. The molecular weight excluding hydrogens is 492 g/mol. The number of nitrogens with zero attached hydrogens (tertiary/aromatic N) is 3. The van der Waals surface area contributed by atoms with Gasteiger partial charge in [0, 0.05) is 30.7 Å². The Morgan fingerprint density at radius 2 is 1.59 bits per heavy atom. The van der Waals surface area contributed by atoms with Crippen molar-refractivity contribution in [2.24, 2.45) is 0 Å². The number of para-hydroxylation sites is 2. The van der Waals surface area contributed by atoms with Gasteiger partial charge < -0.3 is 20.1 Å². The third-order valence-corrected chi connectivity index (χ3v) is 9.17. The van der Waals surface area contributed by atoms with Gasteiger partial charge in [0.05, 0.1) is 11.0 Å². The van der Waals surface area contributed by atoms with Crippen molar-refractivity contribution in [3.8, 4) is 5.75 Å². The van der Waals surface area contributed by atoms with Crippen molar-refractivity contribution in [3.63, 3.8) is 0 Å². The molecule has 2 bridgehead atoms. The van der Waals surface area contributed by atoms with E-state index in [4.69, 9.17) is 0 Å². The Hall–Kier alpha value is -3.39. The molecule has 2 aromatic carbocycles. The fourth-order valence-electron chi connectivity index (χ4n) is 7.41. The van der Waals surface area contributed by atoms with Crippen LogP contribution < -0.4 is 10.9 Å². The summed E-state index contributed by atoms with van der Waals surface area (Å²) in [5, 5.41) is 22.4. The lowest BCUT2D eigenvalue weighted by Crippen LogP contribution is -2.50. The van der Waals surface area contributed by atoms with Crippen molar-refractivity contribution in [1.29, 1.82) is 0 Å². The fraction of sp³-hybridized carbons (Fsp3) is 0.516. The third kappa shape index (κ3) is 5.14. The molecule has 1 aromatic heterocycles. The molecule has 2 aliphatic heterocycles. The second kappa shape index (κ2) is 11.0. The number of aromatic carboxylic acids is 1. The molecule has 8 heteroatoms. The summed E-state index contributed by atoms with van der Waals surface area (Å²) in [5.41, 5.74) is 2.00. The summed E-state index contributed by atoms with van der Waals surface area (Å²) < 4.78 is 1.98. The van der Waals surface area contributed by atoms with Crippen LogP contribution >= 0.6 is 0 Å². The van der Waals surface area contributed by atoms with Crippen LogP contribution in [0.25, 0.3) is 11.0 Å². The van der Waals surface area contributed by atoms with Gasteiger partial charge in [-0.2, -0.15) is 0 Å². The van der Waals surface area contributed by atoms with Crippen molar-refractivity contribution in [2.45, 2.75) is 101 Å². The number of anilines is 1. The predicted octanol–water partition coefficient (Wildman–Crippen LogP) is 5.69. The second-order valence-corrected chi connectivity index (χ2v) is 11.6. The number of nitrogens with one attached hydrogen (secondary N) is 1. The molecule has 1 aliphatic carbocycles. The Morgan fingerprint density at radius 1 is 0.897 bits per heavy atom. The molecule has 39 heavy (non-hydrogen) atoms. The van der Waals surface area contributed by atoms with Crippen LogP contribution in [0.2, 0.25) is 0 Å². The molecule has 3 aliphatic rings. The number of carbonyl (C=O) groups is 1. The maximum absolute atomic E-state index is 13.9. The van der Waals surface area contributed by atoms with E-state index in [1.807, 2.05) is 28.8 Å². The second-order valence-electron chi connectivity index (χ2n) is 11.6. The summed E-state index contributed by atoms with van der Waals surface area (Å²) in [6.07, 6.45) is 13.8. The van der Waals surface area contributed by atoms with E-state index in [0.717, 1.165) is 23.9 Å². The molecule has 3 N–H and O–H groups in total. The van der Waals surface area contributed by atoms with Gasteiger partial charge in [0.1, 0.15) is 11.3 Å². The number of rotatable bonds is 6. The highest BCUT2D eigenvalue weighted by atomic mass is 16.4. The van der Waals surface area contributed by atoms with Crippen molar-refractivity contribution >= 4 is 22.8 Å². The number of phenols is 1. The Labute approximate surface area is 228 Å². The first-order valence-electron chi connectivity index (χ1n) is 14.6. The number of carboxylic acid groups (broad SMARTS) is 1. The minimum atomic E-state index is -1.19. The zero-order chi connectivity index (χ0) is 26.9. The largest absolute Gasteiger partial charge is 0.507 e. The highest BCUT2D eigenvalue weighted by Gasteiger charge is 2.44. The molecule has 3 aromatic rings. The summed E-state index contributed by atoms with van der Waals surface area (Å²) in [6, 6.07) is 14.2. The van der Waals surface area contributed by atoms with Gasteiger partial charge in [-0.25, -0.2) is 9.78 Å². The van der Waals surface area contributed by atoms with Crippen LogP contribution in [0.15, 0.2) is 47.3 Å². The number of benzene rings is 2. The first-order valence-corrected chi connectivity index (χ1v) is 14.6. The molecule has 2 saturated heterocycles. The van der Waals surface area contributed by atoms with Gasteiger partial charge in [0.25, 0.3) is 5.56 Å². The van der Waals surface area contributed by atoms with Crippen molar-refractivity contribution < 1.29 is 15.0 Å². The number of aromatic nitrogens is 2. The van der Waals surface area contributed by atoms with Gasteiger partial charge in [-0.3, -0.25) is 9.69 Å². The topological polar surface area (TPSA) is 108 Å². The molecule has 2 unspecified atom stereocenters. The number of aromatic hydroxyl groups is 1. The standard InChI is InChI=1S/C31H38N4O4/c36-28-15-12-20(16-25(28)31(38)39)19-32-29-30(37)35(27-11-7-6-10-26(27)33-29)24-17-22-13-14-23(18-24)34(22)21-8-4-2-1-3-5-9-21/h6-7,10-12,15-16,21-24,36H,1-5,8-9,13-14,17-19H2,(H,32,33)(H,38,39). The molecule has 8 nitrogen and oxygen atoms in total. The average molecular weight is 531 g/mol. The highest BCUT2D eigenvalue weighted by Crippen LogP contribution is 2.44. The molecule has 1 saturated carbocycles. The molecule has 3 fully saturated rings. The van der Waals surface area contributed by atoms with E-state index >= 15 is 0 Å². The Morgan fingerprint density at radius 3 is 2.31 bits per heavy atom. The smallest absolute Gasteiger partial charge is 0.339 e. The SMILES string of the molecule is O=C(O)c1cc(CNc2nc3ccccc3n(C3CC4CCC(C3)N4C3CCCCCCC3)c2=O)ccc1O. The molecule has 206 valence electrons. The van der Waals surface area contributed by atoms with Gasteiger partial charge in [0.2, 0.25) is 0 Å². The van der Waals surface area contributed by atoms with E-state index in [0.29, 0.717) is 23.7 Å². The normalized spacial score (nSPS) is 24.4. The zero-order valence-electron chi connectivity index (χ0n) is 22.4. The van der Waals surface area contributed by atoms with Gasteiger partial charge in [-0.15, -0.1) is 0 Å². The maximum atomic E-state index is 13.9. The van der Waals surface area contributed by atoms with Gasteiger partial charge in [-0.1, -0.05) is 50.3 Å². The number of carboxylic acids is 1. The first-order chi connectivity index (χ1) is 19.0. The molecule has 0 spiro atoms. The molecule has 2 atom stereocenters. The van der Waals surface area contributed by atoms with Crippen LogP contribution in [0, 0.1) is 0 Å². The van der Waals surface area contributed by atoms with Crippen molar-refractivity contribution in [2.75, 3.05) is 5.32 Å². The minimum absolute atomic E-state index is 0.126. The molecule has 6 rings (SSSR count). The van der Waals surface area contributed by atoms with Crippen molar-refractivity contribution in [1.82, 2.24) is 14.5 Å². The summed E-state index contributed by atoms with van der Waals surface area (Å²) in [7, 11) is 0. The Balaban J connectivity index is 1.27. The van der Waals surface area contributed by atoms with Crippen LogP contribution in [0.4, 0.5) is 5.82 Å². The highest BCUT2D eigenvalue weighted by molar-refractivity contribution is 5.91. The average Bonchev–Trinajstić information content (AvgIpc) is 3.16. The quantitative estimate of drug-likeness (QED) is 0.376. The van der Waals surface area contributed by atoms with Crippen LogP contribution in [0.5, 0.6) is 5.75 Å². The van der Waals surface area contributed by atoms with Gasteiger partial charge in [-0.05, 0) is 68.4 Å². The molecule has 0 radical (unpaired) electrons. The van der Waals surface area contributed by atoms with Crippen LogP contribution in [-0.2, 0) is 6.54 Å². The Bertz CT molecular complexity index is 1400. The number of fused-ring (bicyclic) bond motifs is 3. The third-order valence-electron chi connectivity index (χ3n) is 9.17. The van der Waals surface area contributed by atoms with E-state index in [1.165, 1.54) is 69.9 Å². The molecule has 0 amide bonds. The van der Waals surface area contributed by atoms with E-state index in [1.54, 1.807) is 6.07 Å². The number of hydrogen-bond acceptors (Lipinski definition) is 6. The zero-order valence-corrected chi connectivity index (χ0v) is 22.4. The number of piperidine rings is 1. The van der Waals surface area contributed by atoms with E-state index in [-0.39, 0.29) is 35.3 Å². The Kier molecular flexibility index (Phi) is 7.30. The fourth-order valence-corrected chi connectivity index (χ4v) is 7.41.